The minimum atomic E-state index is 0.362. The van der Waals surface area contributed by atoms with E-state index in [2.05, 4.69) is 15.2 Å². The first-order chi connectivity index (χ1) is 8.27. The molecule has 0 bridgehead atoms. The minimum absolute atomic E-state index is 0.362. The van der Waals surface area contributed by atoms with Crippen LogP contribution in [-0.4, -0.2) is 4.98 Å². The van der Waals surface area contributed by atoms with Crippen molar-refractivity contribution in [1.82, 2.24) is 4.98 Å². The first-order valence-electron chi connectivity index (χ1n) is 4.98. The van der Waals surface area contributed by atoms with Crippen molar-refractivity contribution in [2.24, 2.45) is 10.2 Å². The monoisotopic (exact) mass is 265 g/mol. The van der Waals surface area contributed by atoms with E-state index < -0.39 is 0 Å². The second kappa shape index (κ2) is 5.75. The lowest BCUT2D eigenvalue weighted by Crippen LogP contribution is -1.84. The van der Waals surface area contributed by atoms with Crippen molar-refractivity contribution < 1.29 is 0 Å². The standard InChI is InChI=1S/C12H9Cl2N3/c13-11-2-1-3-12(14)10(11)8-16-17-9-4-6-15-7-5-9/h1-7H,8H2. The molecule has 86 valence electrons. The van der Waals surface area contributed by atoms with Crippen LogP contribution in [0.2, 0.25) is 10.0 Å². The fourth-order valence-electron chi connectivity index (χ4n) is 1.28. The van der Waals surface area contributed by atoms with Gasteiger partial charge in [0.05, 0.1) is 12.2 Å². The maximum absolute atomic E-state index is 6.02. The molecule has 0 aliphatic heterocycles. The third-order valence-electron chi connectivity index (χ3n) is 2.14. The molecular weight excluding hydrogens is 257 g/mol. The van der Waals surface area contributed by atoms with E-state index in [1.54, 1.807) is 42.7 Å². The fourth-order valence-corrected chi connectivity index (χ4v) is 1.80. The lowest BCUT2D eigenvalue weighted by atomic mass is 10.2. The van der Waals surface area contributed by atoms with Crippen LogP contribution in [0, 0.1) is 0 Å². The molecule has 0 saturated heterocycles. The Morgan fingerprint density at radius 2 is 1.65 bits per heavy atom. The van der Waals surface area contributed by atoms with Crippen LogP contribution >= 0.6 is 23.2 Å². The SMILES string of the molecule is Clc1cccc(Cl)c1CN=Nc1ccncc1. The van der Waals surface area contributed by atoms with Crippen LogP contribution in [0.25, 0.3) is 0 Å². The molecule has 0 atom stereocenters. The van der Waals surface area contributed by atoms with Crippen LogP contribution in [0.15, 0.2) is 53.0 Å². The summed E-state index contributed by atoms with van der Waals surface area (Å²) in [6.45, 7) is 0.362. The van der Waals surface area contributed by atoms with Gasteiger partial charge in [0.15, 0.2) is 0 Å². The molecule has 0 N–H and O–H groups in total. The average molecular weight is 266 g/mol. The second-order valence-corrected chi connectivity index (χ2v) is 4.12. The number of nitrogens with zero attached hydrogens (tertiary/aromatic N) is 3. The van der Waals surface area contributed by atoms with E-state index in [1.807, 2.05) is 0 Å². The number of rotatable bonds is 3. The van der Waals surface area contributed by atoms with E-state index in [0.29, 0.717) is 16.6 Å². The Balaban J connectivity index is 2.10. The van der Waals surface area contributed by atoms with Gasteiger partial charge in [-0.1, -0.05) is 29.3 Å². The third kappa shape index (κ3) is 3.25. The van der Waals surface area contributed by atoms with Gasteiger partial charge in [-0.3, -0.25) is 4.98 Å². The molecular formula is C12H9Cl2N3. The molecule has 3 nitrogen and oxygen atoms in total. The highest BCUT2D eigenvalue weighted by molar-refractivity contribution is 6.35. The van der Waals surface area contributed by atoms with E-state index in [1.165, 1.54) is 0 Å². The van der Waals surface area contributed by atoms with E-state index in [4.69, 9.17) is 23.2 Å². The van der Waals surface area contributed by atoms with Crippen molar-refractivity contribution in [1.29, 1.82) is 0 Å². The van der Waals surface area contributed by atoms with Gasteiger partial charge in [0.25, 0.3) is 0 Å². The van der Waals surface area contributed by atoms with Crippen LogP contribution < -0.4 is 0 Å². The van der Waals surface area contributed by atoms with Crippen LogP contribution in [0.3, 0.4) is 0 Å². The summed E-state index contributed by atoms with van der Waals surface area (Å²) in [5.41, 5.74) is 1.54. The molecule has 0 fully saturated rings. The molecule has 0 saturated carbocycles. The molecule has 1 heterocycles. The summed E-state index contributed by atoms with van der Waals surface area (Å²) in [6.07, 6.45) is 3.33. The zero-order valence-corrected chi connectivity index (χ0v) is 10.4. The molecule has 1 aromatic heterocycles. The van der Waals surface area contributed by atoms with Crippen molar-refractivity contribution in [2.45, 2.75) is 6.54 Å². The highest BCUT2D eigenvalue weighted by Crippen LogP contribution is 2.25. The van der Waals surface area contributed by atoms with Gasteiger partial charge in [0.1, 0.15) is 0 Å². The zero-order valence-electron chi connectivity index (χ0n) is 8.85. The van der Waals surface area contributed by atoms with Crippen LogP contribution in [0.5, 0.6) is 0 Å². The summed E-state index contributed by atoms with van der Waals surface area (Å²) in [5, 5.41) is 9.32. The number of azo groups is 1. The number of aromatic nitrogens is 1. The number of halogens is 2. The number of pyridine rings is 1. The van der Waals surface area contributed by atoms with E-state index in [0.717, 1.165) is 11.3 Å². The van der Waals surface area contributed by atoms with E-state index >= 15 is 0 Å². The summed E-state index contributed by atoms with van der Waals surface area (Å²) < 4.78 is 0. The predicted octanol–water partition coefficient (Wildman–Crippen LogP) is 4.67. The Hall–Kier alpha value is -1.45. The molecule has 2 aromatic rings. The normalized spacial score (nSPS) is 10.9. The van der Waals surface area contributed by atoms with Crippen molar-refractivity contribution >= 4 is 28.9 Å². The molecule has 1 aromatic carbocycles. The summed E-state index contributed by atoms with van der Waals surface area (Å²) in [5.74, 6) is 0. The smallest absolute Gasteiger partial charge is 0.0883 e. The largest absolute Gasteiger partial charge is 0.265 e. The first kappa shape index (κ1) is 12.0. The molecule has 2 rings (SSSR count). The average Bonchev–Trinajstić information content (AvgIpc) is 2.34. The maximum Gasteiger partial charge on any atom is 0.0883 e. The minimum Gasteiger partial charge on any atom is -0.265 e. The lowest BCUT2D eigenvalue weighted by Gasteiger charge is -2.01. The molecule has 0 spiro atoms. The molecule has 0 aliphatic carbocycles. The lowest BCUT2D eigenvalue weighted by molar-refractivity contribution is 0.958. The van der Waals surface area contributed by atoms with Crippen molar-refractivity contribution in [2.75, 3.05) is 0 Å². The maximum atomic E-state index is 6.02. The van der Waals surface area contributed by atoms with Gasteiger partial charge in [-0.05, 0) is 24.3 Å². The van der Waals surface area contributed by atoms with Crippen molar-refractivity contribution in [3.63, 3.8) is 0 Å². The van der Waals surface area contributed by atoms with Gasteiger partial charge in [-0.15, -0.1) is 0 Å². The van der Waals surface area contributed by atoms with Gasteiger partial charge in [0, 0.05) is 28.0 Å². The number of hydrogen-bond donors (Lipinski definition) is 0. The Kier molecular flexibility index (Phi) is 4.07. The molecule has 5 heteroatoms. The second-order valence-electron chi connectivity index (χ2n) is 3.31. The Bertz CT molecular complexity index is 506. The summed E-state index contributed by atoms with van der Waals surface area (Å²) in [4.78, 5) is 3.90. The predicted molar refractivity (Wildman–Crippen MR) is 68.9 cm³/mol. The quantitative estimate of drug-likeness (QED) is 0.743. The van der Waals surface area contributed by atoms with Gasteiger partial charge >= 0.3 is 0 Å². The van der Waals surface area contributed by atoms with Gasteiger partial charge in [0.2, 0.25) is 0 Å². The Morgan fingerprint density at radius 3 is 2.29 bits per heavy atom. The molecule has 17 heavy (non-hydrogen) atoms. The highest BCUT2D eigenvalue weighted by atomic mass is 35.5. The summed E-state index contributed by atoms with van der Waals surface area (Å²) >= 11 is 12.0. The zero-order chi connectivity index (χ0) is 12.1. The molecule has 0 amide bonds. The van der Waals surface area contributed by atoms with E-state index in [9.17, 15) is 0 Å². The van der Waals surface area contributed by atoms with Crippen LogP contribution in [-0.2, 0) is 6.54 Å². The molecule has 0 unspecified atom stereocenters. The first-order valence-corrected chi connectivity index (χ1v) is 5.73. The summed E-state index contributed by atoms with van der Waals surface area (Å²) in [6, 6.07) is 8.92. The van der Waals surface area contributed by atoms with Gasteiger partial charge in [-0.2, -0.15) is 10.2 Å². The summed E-state index contributed by atoms with van der Waals surface area (Å²) in [7, 11) is 0. The molecule has 0 radical (unpaired) electrons. The third-order valence-corrected chi connectivity index (χ3v) is 2.85. The van der Waals surface area contributed by atoms with Crippen molar-refractivity contribution in [3.05, 3.63) is 58.3 Å². The fraction of sp³-hybridized carbons (Fsp3) is 0.0833. The topological polar surface area (TPSA) is 37.6 Å². The Morgan fingerprint density at radius 1 is 1.00 bits per heavy atom. The number of hydrogen-bond acceptors (Lipinski definition) is 3. The van der Waals surface area contributed by atoms with Gasteiger partial charge in [-0.25, -0.2) is 0 Å². The van der Waals surface area contributed by atoms with Crippen LogP contribution in [0.1, 0.15) is 5.56 Å². The number of benzene rings is 1. The Labute approximate surface area is 109 Å². The van der Waals surface area contributed by atoms with E-state index in [-0.39, 0.29) is 0 Å². The van der Waals surface area contributed by atoms with Crippen LogP contribution in [0.4, 0.5) is 5.69 Å². The highest BCUT2D eigenvalue weighted by Gasteiger charge is 2.03. The molecule has 0 aliphatic rings. The van der Waals surface area contributed by atoms with Crippen molar-refractivity contribution in [3.8, 4) is 0 Å². The van der Waals surface area contributed by atoms with Gasteiger partial charge < -0.3 is 0 Å².